The van der Waals surface area contributed by atoms with Gasteiger partial charge in [-0.3, -0.25) is 19.3 Å². The van der Waals surface area contributed by atoms with E-state index in [1.165, 1.54) is 6.07 Å². The van der Waals surface area contributed by atoms with E-state index in [1.807, 2.05) is 30.3 Å². The molecule has 0 bridgehead atoms. The first-order valence-electron chi connectivity index (χ1n) is 9.22. The molecule has 0 saturated heterocycles. The van der Waals surface area contributed by atoms with Gasteiger partial charge in [0.2, 0.25) is 5.91 Å². The van der Waals surface area contributed by atoms with Gasteiger partial charge in [-0.05, 0) is 35.9 Å². The number of anilines is 1. The Balaban J connectivity index is 1.70. The van der Waals surface area contributed by atoms with Crippen LogP contribution >= 0.6 is 23.2 Å². The number of hydrogen-bond acceptors (Lipinski definition) is 3. The van der Waals surface area contributed by atoms with Gasteiger partial charge in [-0.2, -0.15) is 0 Å². The Morgan fingerprint density at radius 2 is 1.47 bits per heavy atom. The summed E-state index contributed by atoms with van der Waals surface area (Å²) >= 11 is 12.2. The van der Waals surface area contributed by atoms with Crippen molar-refractivity contribution in [1.82, 2.24) is 4.90 Å². The van der Waals surface area contributed by atoms with Crippen molar-refractivity contribution < 1.29 is 14.4 Å². The molecule has 0 aromatic heterocycles. The Morgan fingerprint density at radius 3 is 2.10 bits per heavy atom. The summed E-state index contributed by atoms with van der Waals surface area (Å²) in [5.41, 5.74) is 1.69. The van der Waals surface area contributed by atoms with Crippen LogP contribution in [0.2, 0.25) is 10.0 Å². The number of fused-ring (bicyclic) bond motifs is 1. The van der Waals surface area contributed by atoms with E-state index in [-0.39, 0.29) is 17.5 Å². The molecule has 1 aliphatic heterocycles. The number of nitrogens with one attached hydrogen (secondary N) is 1. The van der Waals surface area contributed by atoms with E-state index in [9.17, 15) is 14.4 Å². The fourth-order valence-corrected chi connectivity index (χ4v) is 3.78. The average molecular weight is 439 g/mol. The minimum absolute atomic E-state index is 0.163. The van der Waals surface area contributed by atoms with Crippen LogP contribution in [0.1, 0.15) is 26.3 Å². The normalized spacial score (nSPS) is 13.9. The molecular weight excluding hydrogens is 423 g/mol. The zero-order valence-electron chi connectivity index (χ0n) is 15.6. The second-order valence-electron chi connectivity index (χ2n) is 6.84. The molecule has 0 radical (unpaired) electrons. The minimum atomic E-state index is -1.06. The number of imide groups is 1. The van der Waals surface area contributed by atoms with Gasteiger partial charge in [0.25, 0.3) is 11.8 Å². The van der Waals surface area contributed by atoms with Crippen molar-refractivity contribution >= 4 is 46.6 Å². The van der Waals surface area contributed by atoms with Crippen molar-refractivity contribution in [3.8, 4) is 0 Å². The van der Waals surface area contributed by atoms with Gasteiger partial charge in [0.1, 0.15) is 6.04 Å². The van der Waals surface area contributed by atoms with Gasteiger partial charge in [0, 0.05) is 11.4 Å². The second kappa shape index (κ2) is 8.30. The lowest BCUT2D eigenvalue weighted by Gasteiger charge is -2.26. The van der Waals surface area contributed by atoms with Crippen LogP contribution in [0.25, 0.3) is 0 Å². The third-order valence-corrected chi connectivity index (χ3v) is 5.46. The van der Waals surface area contributed by atoms with E-state index in [2.05, 4.69) is 5.32 Å². The number of rotatable bonds is 5. The van der Waals surface area contributed by atoms with E-state index in [1.54, 1.807) is 36.4 Å². The highest BCUT2D eigenvalue weighted by atomic mass is 35.5. The molecule has 0 unspecified atom stereocenters. The summed E-state index contributed by atoms with van der Waals surface area (Å²) in [6.45, 7) is 0. The summed E-state index contributed by atoms with van der Waals surface area (Å²) in [6, 6.07) is 19.4. The van der Waals surface area contributed by atoms with Gasteiger partial charge in [0.05, 0.1) is 21.8 Å². The molecule has 3 aromatic carbocycles. The summed E-state index contributed by atoms with van der Waals surface area (Å²) in [6.07, 6.45) is 0.163. The van der Waals surface area contributed by atoms with Crippen LogP contribution in [0, 0.1) is 0 Å². The fourth-order valence-electron chi connectivity index (χ4n) is 3.44. The lowest BCUT2D eigenvalue weighted by Crippen LogP contribution is -2.48. The molecule has 150 valence electrons. The standard InChI is InChI=1S/C23H16Cl2N2O3/c24-15-10-11-18(25)19(13-15)26-21(28)20(12-14-6-2-1-3-7-14)27-22(29)16-8-4-5-9-17(16)23(27)30/h1-11,13,20H,12H2,(H,26,28)/t20-/m1/s1. The summed E-state index contributed by atoms with van der Waals surface area (Å²) in [5.74, 6) is -1.52. The zero-order valence-corrected chi connectivity index (χ0v) is 17.2. The molecule has 5 nitrogen and oxygen atoms in total. The fraction of sp³-hybridized carbons (Fsp3) is 0.0870. The highest BCUT2D eigenvalue weighted by Gasteiger charge is 2.42. The minimum Gasteiger partial charge on any atom is -0.323 e. The predicted molar refractivity (Wildman–Crippen MR) is 116 cm³/mol. The number of carbonyl (C=O) groups is 3. The third kappa shape index (κ3) is 3.82. The number of benzene rings is 3. The van der Waals surface area contributed by atoms with E-state index >= 15 is 0 Å². The van der Waals surface area contributed by atoms with Gasteiger partial charge >= 0.3 is 0 Å². The number of hydrogen-bond donors (Lipinski definition) is 1. The summed E-state index contributed by atoms with van der Waals surface area (Å²) < 4.78 is 0. The van der Waals surface area contributed by atoms with Gasteiger partial charge < -0.3 is 5.32 Å². The molecule has 3 amide bonds. The molecule has 0 spiro atoms. The molecule has 0 fully saturated rings. The molecule has 3 aromatic rings. The molecule has 4 rings (SSSR count). The summed E-state index contributed by atoms with van der Waals surface area (Å²) in [7, 11) is 0. The highest BCUT2D eigenvalue weighted by molar-refractivity contribution is 6.35. The van der Waals surface area contributed by atoms with Gasteiger partial charge in [-0.25, -0.2) is 0 Å². The second-order valence-corrected chi connectivity index (χ2v) is 7.69. The molecule has 1 aliphatic rings. The Kier molecular flexibility index (Phi) is 5.57. The van der Waals surface area contributed by atoms with Crippen LogP contribution in [0.5, 0.6) is 0 Å². The lowest BCUT2D eigenvalue weighted by molar-refractivity contribution is -0.119. The van der Waals surface area contributed by atoms with Crippen LogP contribution < -0.4 is 5.32 Å². The summed E-state index contributed by atoms with van der Waals surface area (Å²) in [5, 5.41) is 3.41. The first-order chi connectivity index (χ1) is 14.5. The van der Waals surface area contributed by atoms with Crippen molar-refractivity contribution in [2.24, 2.45) is 0 Å². The van der Waals surface area contributed by atoms with E-state index < -0.39 is 23.8 Å². The van der Waals surface area contributed by atoms with Gasteiger partial charge in [-0.1, -0.05) is 65.7 Å². The highest BCUT2D eigenvalue weighted by Crippen LogP contribution is 2.29. The Labute approximate surface area is 183 Å². The van der Waals surface area contributed by atoms with Crippen LogP contribution in [0.3, 0.4) is 0 Å². The van der Waals surface area contributed by atoms with Crippen LogP contribution in [0.15, 0.2) is 72.8 Å². The largest absolute Gasteiger partial charge is 0.323 e. The third-order valence-electron chi connectivity index (χ3n) is 4.90. The Morgan fingerprint density at radius 1 is 0.867 bits per heavy atom. The van der Waals surface area contributed by atoms with E-state index in [4.69, 9.17) is 23.2 Å². The first kappa shape index (κ1) is 20.1. The molecule has 7 heteroatoms. The Bertz CT molecular complexity index is 1110. The monoisotopic (exact) mass is 438 g/mol. The Hall–Kier alpha value is -3.15. The van der Waals surface area contributed by atoms with E-state index in [0.29, 0.717) is 15.7 Å². The maximum atomic E-state index is 13.3. The molecule has 1 N–H and O–H groups in total. The van der Waals surface area contributed by atoms with Crippen LogP contribution in [-0.4, -0.2) is 28.7 Å². The zero-order chi connectivity index (χ0) is 21.3. The molecule has 1 heterocycles. The van der Waals surface area contributed by atoms with Crippen molar-refractivity contribution in [3.63, 3.8) is 0 Å². The van der Waals surface area contributed by atoms with Gasteiger partial charge in [0.15, 0.2) is 0 Å². The van der Waals surface area contributed by atoms with Crippen LogP contribution in [0.4, 0.5) is 5.69 Å². The number of halogens is 2. The molecule has 1 atom stereocenters. The average Bonchev–Trinajstić information content (AvgIpc) is 3.00. The molecule has 30 heavy (non-hydrogen) atoms. The molecule has 0 aliphatic carbocycles. The lowest BCUT2D eigenvalue weighted by atomic mass is 10.0. The van der Waals surface area contributed by atoms with Crippen molar-refractivity contribution in [1.29, 1.82) is 0 Å². The van der Waals surface area contributed by atoms with Crippen LogP contribution in [-0.2, 0) is 11.2 Å². The SMILES string of the molecule is O=C(Nc1cc(Cl)ccc1Cl)[C@@H](Cc1ccccc1)N1C(=O)c2ccccc2C1=O. The number of amides is 3. The predicted octanol–water partition coefficient (Wildman–Crippen LogP) is 4.84. The van der Waals surface area contributed by atoms with Crippen molar-refractivity contribution in [3.05, 3.63) is 99.5 Å². The topological polar surface area (TPSA) is 66.5 Å². The van der Waals surface area contributed by atoms with Gasteiger partial charge in [-0.15, -0.1) is 0 Å². The summed E-state index contributed by atoms with van der Waals surface area (Å²) in [4.78, 5) is 40.3. The molecular formula is C23H16Cl2N2O3. The van der Waals surface area contributed by atoms with E-state index in [0.717, 1.165) is 10.5 Å². The maximum Gasteiger partial charge on any atom is 0.262 e. The van der Waals surface area contributed by atoms with Crippen molar-refractivity contribution in [2.45, 2.75) is 12.5 Å². The molecule has 0 saturated carbocycles. The van der Waals surface area contributed by atoms with Crippen molar-refractivity contribution in [2.75, 3.05) is 5.32 Å². The quantitative estimate of drug-likeness (QED) is 0.579. The maximum absolute atomic E-state index is 13.3. The first-order valence-corrected chi connectivity index (χ1v) is 9.98. The number of nitrogens with zero attached hydrogens (tertiary/aromatic N) is 1. The smallest absolute Gasteiger partial charge is 0.262 e. The number of carbonyl (C=O) groups excluding carboxylic acids is 3.